The van der Waals surface area contributed by atoms with Crippen LogP contribution < -0.4 is 5.73 Å². The fourth-order valence-electron chi connectivity index (χ4n) is 7.91. The lowest BCUT2D eigenvalue weighted by Gasteiger charge is -2.19. The van der Waals surface area contributed by atoms with Gasteiger partial charge in [-0.1, -0.05) is 255 Å². The van der Waals surface area contributed by atoms with Gasteiger partial charge in [0.25, 0.3) is 0 Å². The van der Waals surface area contributed by atoms with Crippen molar-refractivity contribution in [2.75, 3.05) is 26.4 Å². The lowest BCUT2D eigenvalue weighted by atomic mass is 10.0. The minimum Gasteiger partial charge on any atom is -0.462 e. The molecule has 0 aliphatic carbocycles. The van der Waals surface area contributed by atoms with Crippen LogP contribution in [0.2, 0.25) is 0 Å². The third-order valence-corrected chi connectivity index (χ3v) is 13.4. The van der Waals surface area contributed by atoms with Crippen LogP contribution in [0.5, 0.6) is 0 Å². The fraction of sp³-hybridized carbons (Fsp3) is 0.594. The smallest absolute Gasteiger partial charge is 0.462 e. The van der Waals surface area contributed by atoms with Gasteiger partial charge in [-0.15, -0.1) is 0 Å². The van der Waals surface area contributed by atoms with Crippen molar-refractivity contribution in [1.82, 2.24) is 0 Å². The van der Waals surface area contributed by atoms with Gasteiger partial charge in [-0.05, 0) is 122 Å². The average Bonchev–Trinajstić information content (AvgIpc) is 3.44. The number of phosphoric acid groups is 1. The number of ether oxygens (including phenoxy) is 2. The molecule has 0 fully saturated rings. The molecule has 9 nitrogen and oxygen atoms in total. The molecule has 0 aromatic heterocycles. The predicted octanol–water partition coefficient (Wildman–Crippen LogP) is 20.1. The van der Waals surface area contributed by atoms with E-state index in [4.69, 9.17) is 24.3 Å². The third-order valence-electron chi connectivity index (χ3n) is 12.4. The van der Waals surface area contributed by atoms with E-state index in [1.165, 1.54) is 70.6 Å². The minimum atomic E-state index is -4.41. The molecular weight excluding hydrogens is 1000 g/mol. The Morgan fingerprint density at radius 3 is 0.987 bits per heavy atom. The molecular formula is C69H112NO8P. The fourth-order valence-corrected chi connectivity index (χ4v) is 8.68. The van der Waals surface area contributed by atoms with Crippen molar-refractivity contribution >= 4 is 19.8 Å². The van der Waals surface area contributed by atoms with E-state index in [9.17, 15) is 19.0 Å². The summed E-state index contributed by atoms with van der Waals surface area (Å²) in [5.74, 6) is -0.876. The second-order valence-corrected chi connectivity index (χ2v) is 21.3. The van der Waals surface area contributed by atoms with E-state index in [0.29, 0.717) is 6.42 Å². The van der Waals surface area contributed by atoms with Gasteiger partial charge in [0, 0.05) is 19.4 Å². The highest BCUT2D eigenvalue weighted by molar-refractivity contribution is 7.47. The molecule has 2 atom stereocenters. The summed E-state index contributed by atoms with van der Waals surface area (Å²) in [5, 5.41) is 0. The largest absolute Gasteiger partial charge is 0.472 e. The molecule has 0 spiro atoms. The van der Waals surface area contributed by atoms with Crippen molar-refractivity contribution in [2.24, 2.45) is 5.73 Å². The van der Waals surface area contributed by atoms with Crippen LogP contribution in [-0.2, 0) is 32.7 Å². The van der Waals surface area contributed by atoms with Gasteiger partial charge in [0.2, 0.25) is 0 Å². The van der Waals surface area contributed by atoms with Crippen molar-refractivity contribution in [3.05, 3.63) is 158 Å². The summed E-state index contributed by atoms with van der Waals surface area (Å²) >= 11 is 0. The lowest BCUT2D eigenvalue weighted by Crippen LogP contribution is -2.29. The van der Waals surface area contributed by atoms with Gasteiger partial charge in [-0.2, -0.15) is 0 Å². The van der Waals surface area contributed by atoms with Crippen molar-refractivity contribution in [2.45, 2.75) is 238 Å². The number of unbranched alkanes of at least 4 members (excludes halogenated alkanes) is 17. The first-order valence-corrected chi connectivity index (χ1v) is 32.5. The van der Waals surface area contributed by atoms with Crippen molar-refractivity contribution in [1.29, 1.82) is 0 Å². The molecule has 0 aromatic rings. The third kappa shape index (κ3) is 62.7. The highest BCUT2D eigenvalue weighted by Crippen LogP contribution is 2.43. The van der Waals surface area contributed by atoms with Crippen LogP contribution in [0, 0.1) is 0 Å². The molecule has 0 aliphatic heterocycles. The minimum absolute atomic E-state index is 0.0394. The van der Waals surface area contributed by atoms with Gasteiger partial charge >= 0.3 is 19.8 Å². The van der Waals surface area contributed by atoms with Crippen LogP contribution in [0.25, 0.3) is 0 Å². The molecule has 0 radical (unpaired) electrons. The van der Waals surface area contributed by atoms with Crippen molar-refractivity contribution in [3.8, 4) is 0 Å². The number of rotatable bonds is 56. The monoisotopic (exact) mass is 1110 g/mol. The van der Waals surface area contributed by atoms with E-state index in [2.05, 4.69) is 172 Å². The lowest BCUT2D eigenvalue weighted by molar-refractivity contribution is -0.161. The van der Waals surface area contributed by atoms with Gasteiger partial charge in [0.1, 0.15) is 6.61 Å². The normalized spacial score (nSPS) is 14.1. The Bertz CT molecular complexity index is 1850. The maximum Gasteiger partial charge on any atom is 0.472 e. The zero-order valence-corrected chi connectivity index (χ0v) is 50.7. The summed E-state index contributed by atoms with van der Waals surface area (Å²) < 4.78 is 33.0. The summed E-state index contributed by atoms with van der Waals surface area (Å²) in [4.78, 5) is 35.2. The quantitative estimate of drug-likeness (QED) is 0.0264. The maximum absolute atomic E-state index is 12.7. The van der Waals surface area contributed by atoms with Gasteiger partial charge < -0.3 is 20.1 Å². The Hall–Kier alpha value is -4.37. The SMILES string of the molecule is CC/C=C\C/C=C\C/C=C\C/C=C\C/C=C\C/C=C\C/C=C\CCCCCC(=O)OC(COC(=O)CCCCCCCCCCCCCCCC/C=C\C/C=C\C/C=C\C/C=C\C/C=C\C/C=C\CC)COP(=O)(O)OCCN. The Balaban J connectivity index is 4.03. The Morgan fingerprint density at radius 1 is 0.380 bits per heavy atom. The highest BCUT2D eigenvalue weighted by Gasteiger charge is 2.26. The molecule has 0 bridgehead atoms. The molecule has 0 saturated carbocycles. The first-order valence-electron chi connectivity index (χ1n) is 31.0. The van der Waals surface area contributed by atoms with Crippen LogP contribution >= 0.6 is 7.82 Å². The molecule has 2 unspecified atom stereocenters. The number of phosphoric ester groups is 1. The Morgan fingerprint density at radius 2 is 0.658 bits per heavy atom. The van der Waals surface area contributed by atoms with Crippen LogP contribution in [-0.4, -0.2) is 49.3 Å². The molecule has 0 aromatic carbocycles. The average molecular weight is 1110 g/mol. The maximum atomic E-state index is 12.7. The predicted molar refractivity (Wildman–Crippen MR) is 339 cm³/mol. The standard InChI is InChI=1S/C69H112NO8P/c1-3-5-7-9-11-13-15-17-19-21-23-25-27-29-30-31-32-33-34-35-36-38-39-41-43-45-47-49-51-53-55-57-59-61-68(71)75-65-67(66-77-79(73,74)76-64-63-70)78-69(72)62-60-58-56-54-52-50-48-46-44-42-40-37-28-26-24-22-20-18-16-14-12-10-8-6-4-2/h5-8,11-14,17-20,23-26,29-30,32-33,37,40,44,46,50,52,67H,3-4,9-10,15-16,21-22,27-28,31,34-36,38-39,41-43,45,47-49,51,53-66,70H2,1-2H3,(H,73,74)/b7-5-,8-6-,13-11-,14-12-,19-17-,20-18-,25-23-,26-24-,30-29-,33-32-,40-37-,46-44-,52-50-. The first kappa shape index (κ1) is 74.6. The number of nitrogens with two attached hydrogens (primary N) is 1. The molecule has 0 amide bonds. The van der Waals surface area contributed by atoms with E-state index >= 15 is 0 Å². The second-order valence-electron chi connectivity index (χ2n) is 19.8. The van der Waals surface area contributed by atoms with Gasteiger partial charge in [-0.3, -0.25) is 18.6 Å². The number of allylic oxidation sites excluding steroid dienone is 26. The Labute approximate surface area is 483 Å². The van der Waals surface area contributed by atoms with Gasteiger partial charge in [0.15, 0.2) is 6.10 Å². The number of hydrogen-bond donors (Lipinski definition) is 2. The van der Waals surface area contributed by atoms with Gasteiger partial charge in [-0.25, -0.2) is 4.57 Å². The number of carbonyl (C=O) groups is 2. The molecule has 0 heterocycles. The first-order chi connectivity index (χ1) is 38.8. The molecule has 0 aliphatic rings. The zero-order valence-electron chi connectivity index (χ0n) is 49.8. The molecule has 0 rings (SSSR count). The second kappa shape index (κ2) is 62.8. The van der Waals surface area contributed by atoms with Crippen LogP contribution in [0.15, 0.2) is 158 Å². The topological polar surface area (TPSA) is 134 Å². The molecule has 0 saturated heterocycles. The molecule has 10 heteroatoms. The van der Waals surface area contributed by atoms with Crippen molar-refractivity contribution < 1.29 is 37.6 Å². The summed E-state index contributed by atoms with van der Waals surface area (Å²) in [6.07, 6.45) is 91.6. The van der Waals surface area contributed by atoms with E-state index in [-0.39, 0.29) is 32.6 Å². The number of hydrogen-bond acceptors (Lipinski definition) is 8. The van der Waals surface area contributed by atoms with E-state index < -0.39 is 32.5 Å². The zero-order chi connectivity index (χ0) is 57.3. The summed E-state index contributed by atoms with van der Waals surface area (Å²) in [7, 11) is -4.41. The van der Waals surface area contributed by atoms with E-state index in [0.717, 1.165) is 128 Å². The van der Waals surface area contributed by atoms with E-state index in [1.807, 2.05) is 0 Å². The van der Waals surface area contributed by atoms with Crippen LogP contribution in [0.1, 0.15) is 232 Å². The van der Waals surface area contributed by atoms with Crippen LogP contribution in [0.4, 0.5) is 0 Å². The highest BCUT2D eigenvalue weighted by atomic mass is 31.2. The number of esters is 2. The summed E-state index contributed by atoms with van der Waals surface area (Å²) in [5.41, 5.74) is 5.38. The van der Waals surface area contributed by atoms with Gasteiger partial charge in [0.05, 0.1) is 13.2 Å². The van der Waals surface area contributed by atoms with E-state index in [1.54, 1.807) is 0 Å². The van der Waals surface area contributed by atoms with Crippen LogP contribution in [0.3, 0.4) is 0 Å². The number of carbonyl (C=O) groups excluding carboxylic acids is 2. The molecule has 3 N–H and O–H groups in total. The molecule has 446 valence electrons. The summed E-state index contributed by atoms with van der Waals surface area (Å²) in [6.45, 7) is 3.46. The summed E-state index contributed by atoms with van der Waals surface area (Å²) in [6, 6.07) is 0. The Kier molecular flexibility index (Phi) is 59.3. The van der Waals surface area contributed by atoms with Crippen molar-refractivity contribution in [3.63, 3.8) is 0 Å². The molecule has 79 heavy (non-hydrogen) atoms.